The smallest absolute Gasteiger partial charge is 0.462 e. The predicted octanol–water partition coefficient (Wildman–Crippen LogP) is 11.4. The van der Waals surface area contributed by atoms with E-state index in [1.165, 1.54) is 38.5 Å². The van der Waals surface area contributed by atoms with E-state index < -0.39 is 51.8 Å². The molecular weight excluding hydrogens is 743 g/mol. The molecule has 10 nitrogen and oxygen atoms in total. The minimum atomic E-state index is -4.64. The van der Waals surface area contributed by atoms with E-state index in [2.05, 4.69) is 91.3 Å². The monoisotopic (exact) mass is 821 g/mol. The Hall–Kier alpha value is -2.85. The highest BCUT2D eigenvalue weighted by atomic mass is 31.2. The molecular formula is C46H77O10P. The molecule has 326 valence electrons. The number of esters is 2. The highest BCUT2D eigenvalue weighted by Crippen LogP contribution is 2.43. The number of carbonyl (C=O) groups excluding carboxylic acids is 2. The highest BCUT2D eigenvalue weighted by Gasteiger charge is 2.27. The highest BCUT2D eigenvalue weighted by molar-refractivity contribution is 7.47. The maximum Gasteiger partial charge on any atom is 0.472 e. The van der Waals surface area contributed by atoms with Gasteiger partial charge in [0.25, 0.3) is 0 Å². The van der Waals surface area contributed by atoms with Crippen LogP contribution in [0.5, 0.6) is 0 Å². The Balaban J connectivity index is 4.46. The van der Waals surface area contributed by atoms with Crippen LogP contribution in [-0.2, 0) is 32.7 Å². The summed E-state index contributed by atoms with van der Waals surface area (Å²) in [6, 6.07) is 0. The fraction of sp³-hybridized carbons (Fsp3) is 0.652. The van der Waals surface area contributed by atoms with E-state index in [0.717, 1.165) is 77.0 Å². The summed E-state index contributed by atoms with van der Waals surface area (Å²) in [5.74, 6) is -1.04. The summed E-state index contributed by atoms with van der Waals surface area (Å²) in [4.78, 5) is 34.9. The summed E-state index contributed by atoms with van der Waals surface area (Å²) < 4.78 is 32.6. The zero-order valence-electron chi connectivity index (χ0n) is 35.3. The van der Waals surface area contributed by atoms with Gasteiger partial charge in [-0.1, -0.05) is 150 Å². The van der Waals surface area contributed by atoms with Crippen molar-refractivity contribution in [2.24, 2.45) is 0 Å². The third kappa shape index (κ3) is 41.1. The van der Waals surface area contributed by atoms with Crippen LogP contribution in [-0.4, -0.2) is 65.7 Å². The lowest BCUT2D eigenvalue weighted by Gasteiger charge is -2.20. The van der Waals surface area contributed by atoms with Crippen LogP contribution in [0.15, 0.2) is 85.1 Å². The summed E-state index contributed by atoms with van der Waals surface area (Å²) in [7, 11) is -4.64. The van der Waals surface area contributed by atoms with Gasteiger partial charge in [-0.3, -0.25) is 18.6 Å². The largest absolute Gasteiger partial charge is 0.472 e. The molecule has 3 N–H and O–H groups in total. The van der Waals surface area contributed by atoms with E-state index in [-0.39, 0.29) is 19.4 Å². The van der Waals surface area contributed by atoms with E-state index in [0.29, 0.717) is 12.8 Å². The van der Waals surface area contributed by atoms with Gasteiger partial charge in [-0.15, -0.1) is 0 Å². The van der Waals surface area contributed by atoms with Crippen molar-refractivity contribution in [3.8, 4) is 0 Å². The molecule has 0 spiro atoms. The van der Waals surface area contributed by atoms with Crippen LogP contribution < -0.4 is 0 Å². The van der Waals surface area contributed by atoms with Crippen LogP contribution in [0.3, 0.4) is 0 Å². The Morgan fingerprint density at radius 2 is 1.00 bits per heavy atom. The molecule has 0 saturated heterocycles. The molecule has 0 radical (unpaired) electrons. The van der Waals surface area contributed by atoms with Gasteiger partial charge < -0.3 is 24.6 Å². The molecule has 0 aliphatic rings. The summed E-state index contributed by atoms with van der Waals surface area (Å²) in [5, 5.41) is 18.3. The number of hydrogen-bond donors (Lipinski definition) is 3. The molecule has 0 aliphatic carbocycles. The van der Waals surface area contributed by atoms with Crippen LogP contribution in [0.2, 0.25) is 0 Å². The summed E-state index contributed by atoms with van der Waals surface area (Å²) in [6.07, 6.45) is 48.5. The zero-order chi connectivity index (χ0) is 41.9. The number of aliphatic hydroxyl groups excluding tert-OH is 2. The van der Waals surface area contributed by atoms with E-state index in [1.54, 1.807) is 0 Å². The Morgan fingerprint density at radius 1 is 0.544 bits per heavy atom. The minimum Gasteiger partial charge on any atom is -0.462 e. The first-order valence-electron chi connectivity index (χ1n) is 21.5. The molecule has 0 aromatic rings. The molecule has 0 aromatic heterocycles. The maximum absolute atomic E-state index is 12.6. The van der Waals surface area contributed by atoms with E-state index in [1.807, 2.05) is 12.2 Å². The molecule has 0 fully saturated rings. The Labute approximate surface area is 345 Å². The third-order valence-electron chi connectivity index (χ3n) is 8.55. The molecule has 0 amide bonds. The first-order chi connectivity index (χ1) is 27.7. The predicted molar refractivity (Wildman–Crippen MR) is 233 cm³/mol. The third-order valence-corrected chi connectivity index (χ3v) is 9.50. The quantitative estimate of drug-likeness (QED) is 0.0237. The summed E-state index contributed by atoms with van der Waals surface area (Å²) in [6.45, 7) is 2.15. The lowest BCUT2D eigenvalue weighted by molar-refractivity contribution is -0.161. The summed E-state index contributed by atoms with van der Waals surface area (Å²) in [5.41, 5.74) is 0. The van der Waals surface area contributed by atoms with Gasteiger partial charge in [0.05, 0.1) is 19.8 Å². The number of ether oxygens (including phenoxy) is 2. The van der Waals surface area contributed by atoms with Gasteiger partial charge in [-0.05, 0) is 77.0 Å². The SMILES string of the molecule is CC/C=C\C/C=C\C/C=C\C/C=C\C/C=C\C/C=C\CCC(=O)OC(COC(=O)CCCCCCC/C=C\CCCCCCCC)COP(=O)(O)OCC(O)CO. The van der Waals surface area contributed by atoms with E-state index in [4.69, 9.17) is 19.1 Å². The molecule has 0 rings (SSSR count). The van der Waals surface area contributed by atoms with Crippen molar-refractivity contribution >= 4 is 19.8 Å². The van der Waals surface area contributed by atoms with Crippen LogP contribution in [0.25, 0.3) is 0 Å². The topological polar surface area (TPSA) is 149 Å². The second-order valence-corrected chi connectivity index (χ2v) is 15.4. The van der Waals surface area contributed by atoms with Gasteiger partial charge in [-0.25, -0.2) is 4.57 Å². The van der Waals surface area contributed by atoms with Gasteiger partial charge in [-0.2, -0.15) is 0 Å². The van der Waals surface area contributed by atoms with Crippen LogP contribution in [0, 0.1) is 0 Å². The number of carbonyl (C=O) groups is 2. The second-order valence-electron chi connectivity index (χ2n) is 14.0. The van der Waals surface area contributed by atoms with Crippen molar-refractivity contribution in [3.05, 3.63) is 85.1 Å². The molecule has 57 heavy (non-hydrogen) atoms. The first-order valence-corrected chi connectivity index (χ1v) is 23.0. The van der Waals surface area contributed by atoms with Crippen molar-refractivity contribution in [1.82, 2.24) is 0 Å². The van der Waals surface area contributed by atoms with Crippen molar-refractivity contribution in [3.63, 3.8) is 0 Å². The van der Waals surface area contributed by atoms with Crippen molar-refractivity contribution in [1.29, 1.82) is 0 Å². The second kappa shape index (κ2) is 41.3. The van der Waals surface area contributed by atoms with Gasteiger partial charge in [0, 0.05) is 12.8 Å². The van der Waals surface area contributed by atoms with Crippen LogP contribution >= 0.6 is 7.82 Å². The van der Waals surface area contributed by atoms with E-state index >= 15 is 0 Å². The Morgan fingerprint density at radius 3 is 1.53 bits per heavy atom. The molecule has 0 heterocycles. The number of hydrogen-bond acceptors (Lipinski definition) is 9. The Bertz CT molecular complexity index is 1220. The molecule has 3 unspecified atom stereocenters. The standard InChI is InChI=1S/C46H77O10P/c1-3-5-7-9-11-13-15-17-19-20-21-22-24-26-28-30-32-34-36-38-46(50)56-44(42-55-57(51,52)54-40-43(48)39-47)41-53-45(49)37-35-33-31-29-27-25-23-18-16-14-12-10-8-6-4-2/h5,7,11,13,17-19,21-23,26,28,32,34,43-44,47-48H,3-4,6,8-10,12,14-16,20,24-25,27,29-31,33,35-42H2,1-2H3,(H,51,52)/b7-5-,13-11-,19-17-,22-21-,23-18-,28-26-,34-32-. The van der Waals surface area contributed by atoms with Crippen molar-refractivity contribution < 1.29 is 47.8 Å². The molecule has 0 bridgehead atoms. The fourth-order valence-corrected chi connectivity index (χ4v) is 6.04. The number of aliphatic hydroxyl groups is 2. The van der Waals surface area contributed by atoms with Gasteiger partial charge in [0.2, 0.25) is 0 Å². The number of rotatable bonds is 39. The van der Waals surface area contributed by atoms with Crippen molar-refractivity contribution in [2.45, 2.75) is 167 Å². The van der Waals surface area contributed by atoms with Gasteiger partial charge in [0.15, 0.2) is 6.10 Å². The molecule has 11 heteroatoms. The van der Waals surface area contributed by atoms with Gasteiger partial charge in [0.1, 0.15) is 12.7 Å². The zero-order valence-corrected chi connectivity index (χ0v) is 36.2. The normalized spacial score (nSPS) is 14.7. The lowest BCUT2D eigenvalue weighted by atomic mass is 10.1. The number of allylic oxidation sites excluding steroid dienone is 14. The maximum atomic E-state index is 12.6. The number of unbranched alkanes of at least 4 members (excludes halogenated alkanes) is 11. The molecule has 3 atom stereocenters. The van der Waals surface area contributed by atoms with E-state index in [9.17, 15) is 24.2 Å². The van der Waals surface area contributed by atoms with Crippen LogP contribution in [0.4, 0.5) is 0 Å². The number of phosphoric acid groups is 1. The first kappa shape index (κ1) is 54.2. The Kier molecular flexibility index (Phi) is 39.2. The van der Waals surface area contributed by atoms with Crippen molar-refractivity contribution in [2.75, 3.05) is 26.4 Å². The fourth-order valence-electron chi connectivity index (χ4n) is 5.25. The van der Waals surface area contributed by atoms with Crippen LogP contribution in [0.1, 0.15) is 155 Å². The molecule has 0 saturated carbocycles. The minimum absolute atomic E-state index is 0.0531. The molecule has 0 aliphatic heterocycles. The average molecular weight is 821 g/mol. The van der Waals surface area contributed by atoms with Gasteiger partial charge >= 0.3 is 19.8 Å². The summed E-state index contributed by atoms with van der Waals surface area (Å²) >= 11 is 0. The average Bonchev–Trinajstić information content (AvgIpc) is 3.20. The number of phosphoric ester groups is 1. The molecule has 0 aromatic carbocycles. The lowest BCUT2D eigenvalue weighted by Crippen LogP contribution is -2.29.